The largest absolute Gasteiger partial charge is 0.472 e. The minimum absolute atomic E-state index is 0.102. The van der Waals surface area contributed by atoms with Crippen LogP contribution in [0.15, 0.2) is 0 Å². The highest BCUT2D eigenvalue weighted by atomic mass is 31.2. The van der Waals surface area contributed by atoms with E-state index in [-0.39, 0.29) is 25.7 Å². The summed E-state index contributed by atoms with van der Waals surface area (Å²) >= 11 is 0. The maximum atomic E-state index is 13.0. The number of carbonyl (C=O) groups excluding carboxylic acids is 4. The molecule has 0 aromatic heterocycles. The summed E-state index contributed by atoms with van der Waals surface area (Å²) in [7, 11) is -9.89. The van der Waals surface area contributed by atoms with E-state index in [1.165, 1.54) is 135 Å². The molecule has 0 spiro atoms. The van der Waals surface area contributed by atoms with Crippen molar-refractivity contribution in [2.24, 2.45) is 11.8 Å². The van der Waals surface area contributed by atoms with Gasteiger partial charge in [0.2, 0.25) is 0 Å². The molecule has 0 bridgehead atoms. The molecule has 17 nitrogen and oxygen atoms in total. The van der Waals surface area contributed by atoms with E-state index in [2.05, 4.69) is 41.5 Å². The minimum atomic E-state index is -4.95. The molecular weight excluding hydrogens is 1130 g/mol. The lowest BCUT2D eigenvalue weighted by atomic mass is 10.0. The van der Waals surface area contributed by atoms with Gasteiger partial charge in [0.15, 0.2) is 12.2 Å². The molecule has 0 aliphatic heterocycles. The van der Waals surface area contributed by atoms with Gasteiger partial charge in [-0.1, -0.05) is 279 Å². The third-order valence-corrected chi connectivity index (χ3v) is 17.1. The molecule has 0 amide bonds. The van der Waals surface area contributed by atoms with Gasteiger partial charge in [-0.2, -0.15) is 0 Å². The highest BCUT2D eigenvalue weighted by molar-refractivity contribution is 7.47. The quantitative estimate of drug-likeness (QED) is 0.0222. The van der Waals surface area contributed by atoms with Crippen molar-refractivity contribution in [2.45, 2.75) is 349 Å². The fourth-order valence-electron chi connectivity index (χ4n) is 9.88. The first-order valence-electron chi connectivity index (χ1n) is 34.5. The second kappa shape index (κ2) is 58.4. The van der Waals surface area contributed by atoms with Gasteiger partial charge in [0.05, 0.1) is 26.4 Å². The predicted molar refractivity (Wildman–Crippen MR) is 340 cm³/mol. The number of hydrogen-bond acceptors (Lipinski definition) is 15. The number of aliphatic hydroxyl groups excluding tert-OH is 1. The normalized spacial score (nSPS) is 14.2. The van der Waals surface area contributed by atoms with Gasteiger partial charge in [0.1, 0.15) is 19.3 Å². The van der Waals surface area contributed by atoms with Gasteiger partial charge in [-0.3, -0.25) is 37.3 Å². The molecule has 0 saturated heterocycles. The number of aliphatic hydroxyl groups is 1. The van der Waals surface area contributed by atoms with Crippen molar-refractivity contribution < 1.29 is 80.2 Å². The van der Waals surface area contributed by atoms with Crippen molar-refractivity contribution >= 4 is 39.5 Å². The first-order chi connectivity index (χ1) is 40.9. The van der Waals surface area contributed by atoms with E-state index in [0.717, 1.165) is 109 Å². The first kappa shape index (κ1) is 83.1. The fourth-order valence-corrected chi connectivity index (χ4v) is 11.5. The maximum Gasteiger partial charge on any atom is 0.472 e. The number of unbranched alkanes of at least 4 members (excludes halogenated alkanes) is 35. The number of ether oxygens (including phenoxy) is 4. The lowest BCUT2D eigenvalue weighted by Crippen LogP contribution is -2.30. The molecule has 2 unspecified atom stereocenters. The second-order valence-electron chi connectivity index (χ2n) is 24.8. The molecule has 504 valence electrons. The van der Waals surface area contributed by atoms with Crippen molar-refractivity contribution in [1.29, 1.82) is 0 Å². The van der Waals surface area contributed by atoms with Gasteiger partial charge < -0.3 is 33.8 Å². The zero-order valence-corrected chi connectivity index (χ0v) is 56.7. The SMILES string of the molecule is CCCCCCCCCCCCCCCCCCC(=O)O[C@H](COC(=O)CCCCCCCCCCCCC(C)C)COP(=O)(O)OC[C@@H](O)COP(=O)(O)OC[C@@H](COC(=O)CCCCCCCCC)OC(=O)CCCCCCCCC(C)C. The molecule has 19 heteroatoms. The van der Waals surface area contributed by atoms with Gasteiger partial charge in [0, 0.05) is 25.7 Å². The molecule has 3 N–H and O–H groups in total. The number of carbonyl (C=O) groups is 4. The molecular formula is C66H128O17P2. The number of rotatable bonds is 65. The summed E-state index contributed by atoms with van der Waals surface area (Å²) < 4.78 is 68.0. The van der Waals surface area contributed by atoms with E-state index in [1.807, 2.05) is 0 Å². The summed E-state index contributed by atoms with van der Waals surface area (Å²) in [5, 5.41) is 10.5. The molecule has 85 heavy (non-hydrogen) atoms. The summed E-state index contributed by atoms with van der Waals surface area (Å²) in [6.07, 6.45) is 42.0. The van der Waals surface area contributed by atoms with Gasteiger partial charge in [0.25, 0.3) is 0 Å². The Kier molecular flexibility index (Phi) is 57.1. The smallest absolute Gasteiger partial charge is 0.462 e. The third-order valence-electron chi connectivity index (χ3n) is 15.2. The molecule has 0 aliphatic carbocycles. The monoisotopic (exact) mass is 1250 g/mol. The van der Waals surface area contributed by atoms with E-state index < -0.39 is 97.5 Å². The summed E-state index contributed by atoms with van der Waals surface area (Å²) in [6.45, 7) is 9.38. The summed E-state index contributed by atoms with van der Waals surface area (Å²) in [5.41, 5.74) is 0. The van der Waals surface area contributed by atoms with E-state index >= 15 is 0 Å². The van der Waals surface area contributed by atoms with Gasteiger partial charge in [-0.05, 0) is 37.5 Å². The molecule has 0 saturated carbocycles. The Morgan fingerprint density at radius 2 is 0.541 bits per heavy atom. The number of hydrogen-bond donors (Lipinski definition) is 3. The van der Waals surface area contributed by atoms with E-state index in [9.17, 15) is 43.2 Å². The van der Waals surface area contributed by atoms with Crippen LogP contribution in [0.2, 0.25) is 0 Å². The van der Waals surface area contributed by atoms with E-state index in [4.69, 9.17) is 37.0 Å². The Morgan fingerprint density at radius 3 is 0.800 bits per heavy atom. The molecule has 0 aromatic rings. The molecule has 0 aliphatic rings. The molecule has 5 atom stereocenters. The third kappa shape index (κ3) is 60.7. The van der Waals surface area contributed by atoms with Crippen LogP contribution < -0.4 is 0 Å². The van der Waals surface area contributed by atoms with Crippen molar-refractivity contribution in [3.8, 4) is 0 Å². The second-order valence-corrected chi connectivity index (χ2v) is 27.7. The average molecular weight is 1260 g/mol. The van der Waals surface area contributed by atoms with Crippen LogP contribution in [0.1, 0.15) is 330 Å². The lowest BCUT2D eigenvalue weighted by Gasteiger charge is -2.21. The lowest BCUT2D eigenvalue weighted by molar-refractivity contribution is -0.161. The fraction of sp³-hybridized carbons (Fsp3) is 0.939. The van der Waals surface area contributed by atoms with Gasteiger partial charge in [-0.15, -0.1) is 0 Å². The Hall–Kier alpha value is -1.94. The predicted octanol–water partition coefficient (Wildman–Crippen LogP) is 18.4. The summed E-state index contributed by atoms with van der Waals surface area (Å²) in [4.78, 5) is 72.2. The Balaban J connectivity index is 5.20. The van der Waals surface area contributed by atoms with Crippen LogP contribution in [0.3, 0.4) is 0 Å². The van der Waals surface area contributed by atoms with E-state index in [0.29, 0.717) is 31.6 Å². The van der Waals surface area contributed by atoms with E-state index in [1.54, 1.807) is 0 Å². The summed E-state index contributed by atoms with van der Waals surface area (Å²) in [5.74, 6) is -0.710. The van der Waals surface area contributed by atoms with Crippen LogP contribution >= 0.6 is 15.6 Å². The molecule has 0 fully saturated rings. The van der Waals surface area contributed by atoms with Crippen LogP contribution in [-0.2, 0) is 65.4 Å². The van der Waals surface area contributed by atoms with Crippen molar-refractivity contribution in [1.82, 2.24) is 0 Å². The van der Waals surface area contributed by atoms with Crippen LogP contribution in [0, 0.1) is 11.8 Å². The molecule has 0 radical (unpaired) electrons. The molecule has 0 rings (SSSR count). The van der Waals surface area contributed by atoms with Crippen molar-refractivity contribution in [2.75, 3.05) is 39.6 Å². The minimum Gasteiger partial charge on any atom is -0.462 e. The van der Waals surface area contributed by atoms with Crippen molar-refractivity contribution in [3.05, 3.63) is 0 Å². The standard InChI is InChI=1S/C66H128O17P2/c1-7-9-11-13-15-16-17-18-19-20-21-22-27-31-38-44-50-65(70)82-61(55-77-64(69)49-43-37-30-26-24-23-25-29-34-40-46-58(3)4)56-80-84(72,73)78-52-60(67)53-79-85(74,75)81-57-62(54-76-63(68)48-42-36-28-14-12-10-8-2)83-66(71)51-45-39-33-32-35-41-47-59(5)6/h58-62,67H,7-57H2,1-6H3,(H,72,73)(H,74,75)/t60-,61-,62-/m1/s1. The topological polar surface area (TPSA) is 237 Å². The molecule has 0 heterocycles. The number of esters is 4. The average Bonchev–Trinajstić information content (AvgIpc) is 3.50. The highest BCUT2D eigenvalue weighted by Gasteiger charge is 2.30. The maximum absolute atomic E-state index is 13.0. The highest BCUT2D eigenvalue weighted by Crippen LogP contribution is 2.45. The Labute approximate surface area is 517 Å². The Morgan fingerprint density at radius 1 is 0.318 bits per heavy atom. The summed E-state index contributed by atoms with van der Waals surface area (Å²) in [6, 6.07) is 0. The van der Waals surface area contributed by atoms with Crippen LogP contribution in [0.5, 0.6) is 0 Å². The zero-order chi connectivity index (χ0) is 62.9. The Bertz CT molecular complexity index is 1670. The van der Waals surface area contributed by atoms with Gasteiger partial charge in [-0.25, -0.2) is 9.13 Å². The van der Waals surface area contributed by atoms with Gasteiger partial charge >= 0.3 is 39.5 Å². The van der Waals surface area contributed by atoms with Crippen LogP contribution in [0.4, 0.5) is 0 Å². The number of phosphoric ester groups is 2. The molecule has 0 aromatic carbocycles. The number of phosphoric acid groups is 2. The zero-order valence-electron chi connectivity index (χ0n) is 54.9. The van der Waals surface area contributed by atoms with Crippen LogP contribution in [-0.4, -0.2) is 96.7 Å². The van der Waals surface area contributed by atoms with Crippen molar-refractivity contribution in [3.63, 3.8) is 0 Å². The van der Waals surface area contributed by atoms with Crippen LogP contribution in [0.25, 0.3) is 0 Å². The first-order valence-corrected chi connectivity index (χ1v) is 37.5.